The molecule has 2 N–H and O–H groups in total. The van der Waals surface area contributed by atoms with Crippen molar-refractivity contribution in [2.45, 2.75) is 97.8 Å². The Kier molecular flexibility index (Phi) is 19.2. The van der Waals surface area contributed by atoms with Crippen LogP contribution in [0.15, 0.2) is 75.1 Å². The van der Waals surface area contributed by atoms with E-state index in [1.54, 1.807) is 12.1 Å². The molecule has 0 amide bonds. The van der Waals surface area contributed by atoms with E-state index in [0.717, 1.165) is 18.7 Å². The molecule has 0 fully saturated rings. The normalized spacial score (nSPS) is 11.5. The molecular formula is C39H56N6O6. The first kappa shape index (κ1) is 41.0. The van der Waals surface area contributed by atoms with Crippen LogP contribution < -0.4 is 14.4 Å². The fourth-order valence-electron chi connectivity index (χ4n) is 5.58. The third-order valence-electron chi connectivity index (χ3n) is 8.45. The Bertz CT molecular complexity index is 1500. The lowest BCUT2D eigenvalue weighted by Gasteiger charge is -2.26. The van der Waals surface area contributed by atoms with E-state index in [9.17, 15) is 20.3 Å². The third kappa shape index (κ3) is 14.8. The average molecular weight is 705 g/mol. The monoisotopic (exact) mass is 704 g/mol. The SMILES string of the molecule is CCCCCCCCN(CCCCCCCC)c1ccc(N=Nc2cc(OCCO)c(N=Nc3ccc([N+](=O)[O-])cc3)cc2OCCO)c(C)c1. The molecule has 3 rings (SSSR count). The summed E-state index contributed by atoms with van der Waals surface area (Å²) in [5, 5.41) is 47.5. The summed E-state index contributed by atoms with van der Waals surface area (Å²) < 4.78 is 11.6. The Morgan fingerprint density at radius 3 is 1.63 bits per heavy atom. The van der Waals surface area contributed by atoms with Crippen LogP contribution >= 0.6 is 0 Å². The van der Waals surface area contributed by atoms with Gasteiger partial charge in [0, 0.05) is 43.0 Å². The van der Waals surface area contributed by atoms with Crippen LogP contribution in [0.1, 0.15) is 96.5 Å². The molecule has 0 aliphatic rings. The minimum Gasteiger partial charge on any atom is -0.489 e. The van der Waals surface area contributed by atoms with E-state index >= 15 is 0 Å². The van der Waals surface area contributed by atoms with Crippen LogP contribution in [-0.2, 0) is 0 Å². The van der Waals surface area contributed by atoms with Gasteiger partial charge in [0.25, 0.3) is 5.69 Å². The van der Waals surface area contributed by atoms with Gasteiger partial charge in [0.1, 0.15) is 36.1 Å². The summed E-state index contributed by atoms with van der Waals surface area (Å²) in [5.41, 5.74) is 3.88. The van der Waals surface area contributed by atoms with Gasteiger partial charge in [-0.3, -0.25) is 10.1 Å². The highest BCUT2D eigenvalue weighted by Gasteiger charge is 2.15. The largest absolute Gasteiger partial charge is 0.489 e. The number of nitro benzene ring substituents is 1. The van der Waals surface area contributed by atoms with Gasteiger partial charge < -0.3 is 24.6 Å². The molecule has 0 saturated heterocycles. The van der Waals surface area contributed by atoms with E-state index in [1.807, 2.05) is 13.0 Å². The van der Waals surface area contributed by atoms with Gasteiger partial charge in [-0.25, -0.2) is 0 Å². The minimum atomic E-state index is -0.487. The molecule has 51 heavy (non-hydrogen) atoms. The molecule has 0 aliphatic heterocycles. The summed E-state index contributed by atoms with van der Waals surface area (Å²) in [7, 11) is 0. The van der Waals surface area contributed by atoms with Gasteiger partial charge in [0.15, 0.2) is 0 Å². The second-order valence-corrected chi connectivity index (χ2v) is 12.6. The van der Waals surface area contributed by atoms with Crippen molar-refractivity contribution in [1.29, 1.82) is 0 Å². The molecule has 3 aromatic carbocycles. The predicted octanol–water partition coefficient (Wildman–Crippen LogP) is 11.0. The third-order valence-corrected chi connectivity index (χ3v) is 8.45. The van der Waals surface area contributed by atoms with Crippen molar-refractivity contribution in [3.63, 3.8) is 0 Å². The first-order chi connectivity index (χ1) is 24.9. The Hall–Kier alpha value is -4.42. The molecule has 0 aromatic heterocycles. The Morgan fingerprint density at radius 2 is 1.14 bits per heavy atom. The number of nitrogens with zero attached hydrogens (tertiary/aromatic N) is 6. The first-order valence-electron chi connectivity index (χ1n) is 18.5. The fraction of sp³-hybridized carbons (Fsp3) is 0.538. The second-order valence-electron chi connectivity index (χ2n) is 12.6. The van der Waals surface area contributed by atoms with Crippen molar-refractivity contribution < 1.29 is 24.6 Å². The van der Waals surface area contributed by atoms with E-state index in [4.69, 9.17) is 9.47 Å². The van der Waals surface area contributed by atoms with Gasteiger partial charge in [-0.2, -0.15) is 10.2 Å². The summed E-state index contributed by atoms with van der Waals surface area (Å²) >= 11 is 0. The molecule has 0 radical (unpaired) electrons. The number of ether oxygens (including phenoxy) is 2. The Morgan fingerprint density at radius 1 is 0.647 bits per heavy atom. The van der Waals surface area contributed by atoms with Gasteiger partial charge in [0.2, 0.25) is 0 Å². The second kappa shape index (κ2) is 23.9. The average Bonchev–Trinajstić information content (AvgIpc) is 3.14. The lowest BCUT2D eigenvalue weighted by atomic mass is 10.1. The zero-order valence-electron chi connectivity index (χ0n) is 30.6. The Balaban J connectivity index is 1.84. The summed E-state index contributed by atoms with van der Waals surface area (Å²) in [6.45, 7) is 8.19. The van der Waals surface area contributed by atoms with E-state index in [-0.39, 0.29) is 43.6 Å². The number of nitro groups is 1. The number of azo groups is 2. The molecular weight excluding hydrogens is 648 g/mol. The topological polar surface area (TPSA) is 155 Å². The maximum absolute atomic E-state index is 11.0. The number of hydrogen-bond donors (Lipinski definition) is 2. The number of rotatable bonds is 26. The number of anilines is 1. The number of aryl methyl sites for hydroxylation is 1. The molecule has 0 aliphatic carbocycles. The molecule has 12 heteroatoms. The van der Waals surface area contributed by atoms with Crippen LogP contribution in [0.25, 0.3) is 0 Å². The number of hydrogen-bond acceptors (Lipinski definition) is 11. The van der Waals surface area contributed by atoms with Crippen LogP contribution in [0.2, 0.25) is 0 Å². The highest BCUT2D eigenvalue weighted by Crippen LogP contribution is 2.42. The molecule has 12 nitrogen and oxygen atoms in total. The summed E-state index contributed by atoms with van der Waals surface area (Å²) in [4.78, 5) is 13.0. The van der Waals surface area contributed by atoms with Crippen LogP contribution in [0, 0.1) is 17.0 Å². The molecule has 0 heterocycles. The Labute approximate surface area is 302 Å². The molecule has 0 spiro atoms. The molecule has 3 aromatic rings. The lowest BCUT2D eigenvalue weighted by molar-refractivity contribution is -0.384. The smallest absolute Gasteiger partial charge is 0.269 e. The molecule has 0 bridgehead atoms. The molecule has 278 valence electrons. The maximum Gasteiger partial charge on any atom is 0.269 e. The first-order valence-corrected chi connectivity index (χ1v) is 18.5. The van der Waals surface area contributed by atoms with Crippen molar-refractivity contribution in [3.8, 4) is 11.5 Å². The minimum absolute atomic E-state index is 0.00201. The number of aliphatic hydroxyl groups is 2. The van der Waals surface area contributed by atoms with Crippen LogP contribution in [0.4, 0.5) is 34.1 Å². The zero-order valence-corrected chi connectivity index (χ0v) is 30.6. The molecule has 0 unspecified atom stereocenters. The van der Waals surface area contributed by atoms with Gasteiger partial charge in [-0.15, -0.1) is 10.2 Å². The van der Waals surface area contributed by atoms with Crippen LogP contribution in [0.5, 0.6) is 11.5 Å². The summed E-state index contributed by atoms with van der Waals surface area (Å²) in [5.74, 6) is 0.590. The van der Waals surface area contributed by atoms with Crippen molar-refractivity contribution in [2.24, 2.45) is 20.5 Å². The zero-order chi connectivity index (χ0) is 36.7. The highest BCUT2D eigenvalue weighted by molar-refractivity contribution is 5.67. The quantitative estimate of drug-likeness (QED) is 0.0364. The van der Waals surface area contributed by atoms with Crippen molar-refractivity contribution in [2.75, 3.05) is 44.4 Å². The van der Waals surface area contributed by atoms with Crippen molar-refractivity contribution in [1.82, 2.24) is 0 Å². The molecule has 0 atom stereocenters. The van der Waals surface area contributed by atoms with Crippen LogP contribution in [0.3, 0.4) is 0 Å². The van der Waals surface area contributed by atoms with E-state index in [2.05, 4.69) is 51.3 Å². The van der Waals surface area contributed by atoms with E-state index < -0.39 is 4.92 Å². The number of benzene rings is 3. The maximum atomic E-state index is 11.0. The predicted molar refractivity (Wildman–Crippen MR) is 203 cm³/mol. The number of aliphatic hydroxyl groups excluding tert-OH is 2. The van der Waals surface area contributed by atoms with Crippen LogP contribution in [-0.4, -0.2) is 54.7 Å². The lowest BCUT2D eigenvalue weighted by Crippen LogP contribution is -2.25. The number of non-ortho nitro benzene ring substituents is 1. The van der Waals surface area contributed by atoms with Gasteiger partial charge in [0.05, 0.1) is 29.5 Å². The van der Waals surface area contributed by atoms with Gasteiger partial charge in [-0.05, 0) is 55.7 Å². The van der Waals surface area contributed by atoms with Gasteiger partial charge >= 0.3 is 0 Å². The fourth-order valence-corrected chi connectivity index (χ4v) is 5.58. The standard InChI is InChI=1S/C39H56N6O6/c1-4-6-8-10-12-14-22-44(23-15-13-11-9-7-5-2)34-20-21-35(31(3)28-34)41-43-37-30-38(50-26-24-46)36(29-39(37)51-27-25-47)42-40-32-16-18-33(19-17-32)45(48)49/h16-21,28-30,46-47H,4-15,22-27H2,1-3H3. The van der Waals surface area contributed by atoms with E-state index in [1.165, 1.54) is 107 Å². The summed E-state index contributed by atoms with van der Waals surface area (Å²) in [6.07, 6.45) is 15.2. The summed E-state index contributed by atoms with van der Waals surface area (Å²) in [6, 6.07) is 15.1. The van der Waals surface area contributed by atoms with Gasteiger partial charge in [-0.1, -0.05) is 78.1 Å². The number of unbranched alkanes of at least 4 members (excludes halogenated alkanes) is 10. The highest BCUT2D eigenvalue weighted by atomic mass is 16.6. The van der Waals surface area contributed by atoms with Crippen molar-refractivity contribution >= 4 is 34.1 Å². The van der Waals surface area contributed by atoms with Crippen molar-refractivity contribution in [3.05, 3.63) is 70.3 Å². The van der Waals surface area contributed by atoms with E-state index in [0.29, 0.717) is 22.8 Å². The molecule has 0 saturated carbocycles.